The van der Waals surface area contributed by atoms with E-state index in [1.165, 1.54) is 24.0 Å². The Balaban J connectivity index is 2.37. The van der Waals surface area contributed by atoms with Crippen LogP contribution < -0.4 is 17.1 Å². The molecule has 0 saturated carbocycles. The lowest BCUT2D eigenvalue weighted by Gasteiger charge is -2.06. The highest BCUT2D eigenvalue weighted by atomic mass is 15.3. The Hall–Kier alpha value is -1.55. The number of amidine groups is 1. The van der Waals surface area contributed by atoms with Crippen LogP contribution in [0.4, 0.5) is 0 Å². The van der Waals surface area contributed by atoms with E-state index in [2.05, 4.69) is 22.7 Å². The Bertz CT molecular complexity index is 370. The number of nitrogens with one attached hydrogen (secondary N) is 1. The third-order valence-electron chi connectivity index (χ3n) is 2.64. The predicted octanol–water partition coefficient (Wildman–Crippen LogP) is 0.259. The van der Waals surface area contributed by atoms with Gasteiger partial charge in [-0.15, -0.1) is 0 Å². The monoisotopic (exact) mass is 190 g/mol. The number of aryl methyl sites for hydroxylation is 2. The summed E-state index contributed by atoms with van der Waals surface area (Å²) in [6, 6.07) is 6.23. The van der Waals surface area contributed by atoms with Gasteiger partial charge >= 0.3 is 0 Å². The van der Waals surface area contributed by atoms with Gasteiger partial charge in [0.2, 0.25) is 0 Å². The summed E-state index contributed by atoms with van der Waals surface area (Å²) in [5.41, 5.74) is 6.26. The smallest absolute Gasteiger partial charge is 0.166 e. The lowest BCUT2D eigenvalue weighted by molar-refractivity contribution is 0.911. The Kier molecular flexibility index (Phi) is 2.37. The molecule has 0 saturated heterocycles. The van der Waals surface area contributed by atoms with Crippen LogP contribution in [0.2, 0.25) is 0 Å². The average molecular weight is 190 g/mol. The normalized spacial score (nSPS) is 15.4. The first-order valence-corrected chi connectivity index (χ1v) is 4.72. The van der Waals surface area contributed by atoms with E-state index in [1.54, 1.807) is 0 Å². The van der Waals surface area contributed by atoms with Gasteiger partial charge in [-0.1, -0.05) is 12.1 Å². The standard InChI is InChI=1S/C10H14N4/c11-13-10(14-12)9-5-4-7-2-1-3-8(7)6-9/h4-6H,1-3,11-12H2,(H,13,14). The average Bonchev–Trinajstić information content (AvgIpc) is 2.66. The van der Waals surface area contributed by atoms with Gasteiger partial charge < -0.3 is 11.3 Å². The van der Waals surface area contributed by atoms with E-state index in [0.717, 1.165) is 12.0 Å². The number of hydrazine groups is 1. The van der Waals surface area contributed by atoms with Crippen LogP contribution in [-0.4, -0.2) is 5.84 Å². The largest absolute Gasteiger partial charge is 0.321 e. The van der Waals surface area contributed by atoms with Gasteiger partial charge in [0.05, 0.1) is 0 Å². The van der Waals surface area contributed by atoms with Gasteiger partial charge in [-0.25, -0.2) is 5.84 Å². The second kappa shape index (κ2) is 3.67. The van der Waals surface area contributed by atoms with Gasteiger partial charge in [0, 0.05) is 5.56 Å². The number of hydrazone groups is 1. The fraction of sp³-hybridized carbons (Fsp3) is 0.300. The maximum atomic E-state index is 5.30. The molecule has 0 atom stereocenters. The van der Waals surface area contributed by atoms with Crippen LogP contribution in [-0.2, 0) is 12.8 Å². The van der Waals surface area contributed by atoms with Crippen molar-refractivity contribution in [3.05, 3.63) is 34.9 Å². The summed E-state index contributed by atoms with van der Waals surface area (Å²) in [5.74, 6) is 11.0. The highest BCUT2D eigenvalue weighted by molar-refractivity contribution is 5.98. The quantitative estimate of drug-likeness (QED) is 0.257. The zero-order valence-electron chi connectivity index (χ0n) is 7.96. The summed E-state index contributed by atoms with van der Waals surface area (Å²) in [5, 5.41) is 3.58. The van der Waals surface area contributed by atoms with Gasteiger partial charge in [0.15, 0.2) is 5.84 Å². The molecule has 4 heteroatoms. The summed E-state index contributed by atoms with van der Waals surface area (Å²) < 4.78 is 0. The number of hydrogen-bond acceptors (Lipinski definition) is 3. The predicted molar refractivity (Wildman–Crippen MR) is 56.5 cm³/mol. The molecule has 0 aromatic heterocycles. The van der Waals surface area contributed by atoms with Crippen LogP contribution in [0.5, 0.6) is 0 Å². The molecule has 2 rings (SSSR count). The molecule has 0 heterocycles. The summed E-state index contributed by atoms with van der Waals surface area (Å²) in [4.78, 5) is 0. The second-order valence-electron chi connectivity index (χ2n) is 3.46. The third kappa shape index (κ3) is 1.44. The minimum absolute atomic E-state index is 0.528. The van der Waals surface area contributed by atoms with Crippen molar-refractivity contribution in [3.8, 4) is 0 Å². The van der Waals surface area contributed by atoms with Crippen molar-refractivity contribution in [2.45, 2.75) is 19.3 Å². The molecule has 5 N–H and O–H groups in total. The lowest BCUT2D eigenvalue weighted by atomic mass is 10.1. The van der Waals surface area contributed by atoms with Crippen molar-refractivity contribution in [1.82, 2.24) is 5.43 Å². The van der Waals surface area contributed by atoms with Crippen molar-refractivity contribution in [2.24, 2.45) is 16.8 Å². The first-order valence-electron chi connectivity index (χ1n) is 4.72. The molecule has 1 aromatic carbocycles. The number of benzene rings is 1. The minimum atomic E-state index is 0.528. The van der Waals surface area contributed by atoms with Crippen LogP contribution in [0.15, 0.2) is 23.3 Å². The SMILES string of the molecule is N/N=C(\NN)c1ccc2c(c1)CCC2. The molecule has 0 fully saturated rings. The molecule has 0 amide bonds. The summed E-state index contributed by atoms with van der Waals surface area (Å²) >= 11 is 0. The van der Waals surface area contributed by atoms with Gasteiger partial charge in [-0.3, -0.25) is 0 Å². The van der Waals surface area contributed by atoms with E-state index in [9.17, 15) is 0 Å². The van der Waals surface area contributed by atoms with E-state index in [0.29, 0.717) is 5.84 Å². The number of hydrogen-bond donors (Lipinski definition) is 3. The number of nitrogens with zero attached hydrogens (tertiary/aromatic N) is 1. The minimum Gasteiger partial charge on any atom is -0.321 e. The molecule has 4 nitrogen and oxygen atoms in total. The van der Waals surface area contributed by atoms with Crippen molar-refractivity contribution in [3.63, 3.8) is 0 Å². The molecular weight excluding hydrogens is 176 g/mol. The van der Waals surface area contributed by atoms with E-state index < -0.39 is 0 Å². The Labute approximate surface area is 83.0 Å². The van der Waals surface area contributed by atoms with Crippen molar-refractivity contribution in [2.75, 3.05) is 0 Å². The number of rotatable bonds is 1. The number of nitrogens with two attached hydrogens (primary N) is 2. The molecular formula is C10H14N4. The molecule has 1 aliphatic carbocycles. The van der Waals surface area contributed by atoms with Gasteiger partial charge in [-0.2, -0.15) is 5.10 Å². The second-order valence-corrected chi connectivity index (χ2v) is 3.46. The Morgan fingerprint density at radius 2 is 2.07 bits per heavy atom. The van der Waals surface area contributed by atoms with E-state index in [1.807, 2.05) is 6.07 Å². The molecule has 0 aliphatic heterocycles. The summed E-state index contributed by atoms with van der Waals surface area (Å²) in [6.07, 6.45) is 3.57. The first kappa shape index (κ1) is 9.02. The first-order chi connectivity index (χ1) is 6.85. The zero-order valence-corrected chi connectivity index (χ0v) is 7.96. The molecule has 74 valence electrons. The molecule has 0 spiro atoms. The van der Waals surface area contributed by atoms with Crippen molar-refractivity contribution >= 4 is 5.84 Å². The van der Waals surface area contributed by atoms with E-state index >= 15 is 0 Å². The maximum Gasteiger partial charge on any atom is 0.166 e. The van der Waals surface area contributed by atoms with Gasteiger partial charge in [-0.05, 0) is 36.5 Å². The number of fused-ring (bicyclic) bond motifs is 1. The van der Waals surface area contributed by atoms with Crippen LogP contribution in [0, 0.1) is 0 Å². The Morgan fingerprint density at radius 3 is 2.79 bits per heavy atom. The highest BCUT2D eigenvalue weighted by Gasteiger charge is 2.12. The summed E-state index contributed by atoms with van der Waals surface area (Å²) in [7, 11) is 0. The molecule has 0 unspecified atom stereocenters. The van der Waals surface area contributed by atoms with Crippen LogP contribution in [0.1, 0.15) is 23.1 Å². The molecule has 1 aromatic rings. The van der Waals surface area contributed by atoms with Gasteiger partial charge in [0.25, 0.3) is 0 Å². The topological polar surface area (TPSA) is 76.4 Å². The fourth-order valence-corrected chi connectivity index (χ4v) is 1.91. The molecule has 14 heavy (non-hydrogen) atoms. The fourth-order valence-electron chi connectivity index (χ4n) is 1.91. The molecule has 1 aliphatic rings. The van der Waals surface area contributed by atoms with Crippen LogP contribution in [0.25, 0.3) is 0 Å². The maximum absolute atomic E-state index is 5.30. The summed E-state index contributed by atoms with van der Waals surface area (Å²) in [6.45, 7) is 0. The van der Waals surface area contributed by atoms with E-state index in [-0.39, 0.29) is 0 Å². The van der Waals surface area contributed by atoms with Crippen molar-refractivity contribution < 1.29 is 0 Å². The lowest BCUT2D eigenvalue weighted by Crippen LogP contribution is -2.32. The van der Waals surface area contributed by atoms with Crippen LogP contribution in [0.3, 0.4) is 0 Å². The molecule has 0 radical (unpaired) electrons. The van der Waals surface area contributed by atoms with Gasteiger partial charge in [0.1, 0.15) is 0 Å². The van der Waals surface area contributed by atoms with E-state index in [4.69, 9.17) is 11.7 Å². The van der Waals surface area contributed by atoms with Crippen molar-refractivity contribution in [1.29, 1.82) is 0 Å². The molecule has 0 bridgehead atoms. The highest BCUT2D eigenvalue weighted by Crippen LogP contribution is 2.22. The third-order valence-corrected chi connectivity index (χ3v) is 2.64. The zero-order chi connectivity index (χ0) is 9.97. The van der Waals surface area contributed by atoms with Crippen LogP contribution >= 0.6 is 0 Å². The Morgan fingerprint density at radius 1 is 1.29 bits per heavy atom.